The molecule has 0 aromatic heterocycles. The van der Waals surface area contributed by atoms with Crippen molar-refractivity contribution < 1.29 is 0 Å². The second kappa shape index (κ2) is 3.99. The lowest BCUT2D eigenvalue weighted by molar-refractivity contribution is 0.780. The van der Waals surface area contributed by atoms with Crippen molar-refractivity contribution in [3.8, 4) is 0 Å². The van der Waals surface area contributed by atoms with Crippen molar-refractivity contribution in [2.75, 3.05) is 13.1 Å². The molecule has 1 atom stereocenters. The van der Waals surface area contributed by atoms with E-state index in [2.05, 4.69) is 27.3 Å². The molecule has 0 unspecified atom stereocenters. The zero-order chi connectivity index (χ0) is 9.26. The van der Waals surface area contributed by atoms with Crippen molar-refractivity contribution in [1.29, 1.82) is 0 Å². The predicted octanol–water partition coefficient (Wildman–Crippen LogP) is 3.96. The van der Waals surface area contributed by atoms with E-state index >= 15 is 0 Å². The molecule has 2 rings (SSSR count). The summed E-state index contributed by atoms with van der Waals surface area (Å²) >= 11 is 9.53. The Kier molecular flexibility index (Phi) is 2.92. The van der Waals surface area contributed by atoms with Gasteiger partial charge in [0.15, 0.2) is 0 Å². The van der Waals surface area contributed by atoms with Gasteiger partial charge in [-0.1, -0.05) is 40.0 Å². The van der Waals surface area contributed by atoms with Crippen molar-refractivity contribution in [3.05, 3.63) is 38.6 Å². The Hall–Kier alpha value is -0.0500. The van der Waals surface area contributed by atoms with Crippen LogP contribution in [0, 0.1) is 0 Å². The van der Waals surface area contributed by atoms with Crippen molar-refractivity contribution >= 4 is 27.5 Å². The summed E-state index contributed by atoms with van der Waals surface area (Å²) in [6.07, 6.45) is 1.14. The molecule has 1 nitrogen and oxygen atoms in total. The highest BCUT2D eigenvalue weighted by Gasteiger charge is 2.12. The monoisotopic (exact) mass is 258 g/mol. The van der Waals surface area contributed by atoms with Gasteiger partial charge >= 0.3 is 0 Å². The molecule has 0 amide bonds. The Balaban J connectivity index is 2.29. The molecule has 70 valence electrons. The fourth-order valence-corrected chi connectivity index (χ4v) is 2.50. The number of hydrogen-bond acceptors (Lipinski definition) is 0. The van der Waals surface area contributed by atoms with Gasteiger partial charge in [-0.05, 0) is 23.6 Å². The second-order valence-electron chi connectivity index (χ2n) is 3.28. The smallest absolute Gasteiger partial charge is 0.0451 e. The summed E-state index contributed by atoms with van der Waals surface area (Å²) in [6, 6.07) is 6.09. The van der Waals surface area contributed by atoms with Gasteiger partial charge in [-0.3, -0.25) is 0 Å². The maximum Gasteiger partial charge on any atom is 0.0451 e. The lowest BCUT2D eigenvalue weighted by Gasteiger charge is -2.14. The summed E-state index contributed by atoms with van der Waals surface area (Å²) < 4.78 is 1.04. The largest absolute Gasteiger partial charge is 0.662 e. The molecular formula is C10H10BrClN-. The van der Waals surface area contributed by atoms with E-state index in [0.717, 1.165) is 29.0 Å². The first-order chi connectivity index (χ1) is 6.27. The van der Waals surface area contributed by atoms with Gasteiger partial charge in [0.25, 0.3) is 0 Å². The van der Waals surface area contributed by atoms with E-state index in [1.54, 1.807) is 0 Å². The molecule has 1 aliphatic heterocycles. The van der Waals surface area contributed by atoms with E-state index < -0.39 is 0 Å². The van der Waals surface area contributed by atoms with Gasteiger partial charge in [0.05, 0.1) is 0 Å². The van der Waals surface area contributed by atoms with Crippen LogP contribution in [-0.4, -0.2) is 13.1 Å². The highest BCUT2D eigenvalue weighted by Crippen LogP contribution is 2.33. The molecular weight excluding hydrogens is 249 g/mol. The van der Waals surface area contributed by atoms with Gasteiger partial charge < -0.3 is 5.32 Å². The third-order valence-corrected chi connectivity index (χ3v) is 3.21. The third kappa shape index (κ3) is 2.06. The highest BCUT2D eigenvalue weighted by atomic mass is 79.9. The van der Waals surface area contributed by atoms with Crippen molar-refractivity contribution in [3.63, 3.8) is 0 Å². The molecule has 1 aromatic rings. The Morgan fingerprint density at radius 1 is 1.46 bits per heavy atom. The molecule has 0 bridgehead atoms. The molecule has 1 fully saturated rings. The zero-order valence-electron chi connectivity index (χ0n) is 7.13. The van der Waals surface area contributed by atoms with E-state index in [1.165, 1.54) is 5.56 Å². The SMILES string of the molecule is Clc1cc(Br)ccc1[C@@H]1CC[N-]C1. The van der Waals surface area contributed by atoms with Crippen LogP contribution in [0.2, 0.25) is 5.02 Å². The zero-order valence-corrected chi connectivity index (χ0v) is 9.48. The molecule has 0 N–H and O–H groups in total. The van der Waals surface area contributed by atoms with Gasteiger partial charge in [0.1, 0.15) is 0 Å². The fraction of sp³-hybridized carbons (Fsp3) is 0.400. The van der Waals surface area contributed by atoms with Crippen LogP contribution in [0.3, 0.4) is 0 Å². The molecule has 1 heterocycles. The first-order valence-electron chi connectivity index (χ1n) is 4.35. The topological polar surface area (TPSA) is 14.1 Å². The standard InChI is InChI=1S/C10H10BrClN/c11-8-1-2-9(10(12)5-8)7-3-4-13-6-7/h1-2,5,7H,3-4,6H2/q-1/t7-/m1/s1. The lowest BCUT2D eigenvalue weighted by atomic mass is 9.99. The number of rotatable bonds is 1. The molecule has 13 heavy (non-hydrogen) atoms. The summed E-state index contributed by atoms with van der Waals surface area (Å²) in [5, 5.41) is 5.19. The summed E-state index contributed by atoms with van der Waals surface area (Å²) in [4.78, 5) is 0. The van der Waals surface area contributed by atoms with Crippen molar-refractivity contribution in [2.24, 2.45) is 0 Å². The van der Waals surface area contributed by atoms with Crippen LogP contribution < -0.4 is 0 Å². The molecule has 3 heteroatoms. The first-order valence-corrected chi connectivity index (χ1v) is 5.52. The second-order valence-corrected chi connectivity index (χ2v) is 4.60. The summed E-state index contributed by atoms with van der Waals surface area (Å²) in [6.45, 7) is 1.92. The molecule has 0 aliphatic carbocycles. The number of benzene rings is 1. The average molecular weight is 260 g/mol. The van der Waals surface area contributed by atoms with Gasteiger partial charge in [-0.2, -0.15) is 0 Å². The molecule has 1 aromatic carbocycles. The number of nitrogens with zero attached hydrogens (tertiary/aromatic N) is 1. The minimum absolute atomic E-state index is 0.542. The van der Waals surface area contributed by atoms with Gasteiger partial charge in [-0.15, -0.1) is 13.1 Å². The minimum atomic E-state index is 0.542. The van der Waals surface area contributed by atoms with Crippen LogP contribution in [-0.2, 0) is 0 Å². The van der Waals surface area contributed by atoms with Gasteiger partial charge in [0.2, 0.25) is 0 Å². The summed E-state index contributed by atoms with van der Waals surface area (Å²) in [5.41, 5.74) is 1.24. The van der Waals surface area contributed by atoms with E-state index in [-0.39, 0.29) is 0 Å². The first kappa shape index (κ1) is 9.50. The molecule has 1 aliphatic rings. The number of hydrogen-bond donors (Lipinski definition) is 0. The van der Waals surface area contributed by atoms with Gasteiger partial charge in [0, 0.05) is 9.50 Å². The van der Waals surface area contributed by atoms with E-state index in [4.69, 9.17) is 11.6 Å². The Morgan fingerprint density at radius 3 is 2.92 bits per heavy atom. The van der Waals surface area contributed by atoms with Crippen LogP contribution in [0.1, 0.15) is 17.9 Å². The van der Waals surface area contributed by atoms with Crippen molar-refractivity contribution in [2.45, 2.75) is 12.3 Å². The van der Waals surface area contributed by atoms with Gasteiger partial charge in [-0.25, -0.2) is 0 Å². The maximum atomic E-state index is 6.14. The summed E-state index contributed by atoms with van der Waals surface area (Å²) in [7, 11) is 0. The van der Waals surface area contributed by atoms with E-state index in [0.29, 0.717) is 5.92 Å². The number of halogens is 2. The fourth-order valence-electron chi connectivity index (χ4n) is 1.67. The van der Waals surface area contributed by atoms with E-state index in [1.807, 2.05) is 12.1 Å². The van der Waals surface area contributed by atoms with Crippen molar-refractivity contribution in [1.82, 2.24) is 0 Å². The lowest BCUT2D eigenvalue weighted by Crippen LogP contribution is -1.97. The van der Waals surface area contributed by atoms with E-state index in [9.17, 15) is 0 Å². The Labute approximate surface area is 91.6 Å². The average Bonchev–Trinajstić information content (AvgIpc) is 2.56. The van der Waals surface area contributed by atoms with Crippen LogP contribution in [0.25, 0.3) is 5.32 Å². The maximum absolute atomic E-state index is 6.14. The Bertz CT molecular complexity index is 308. The highest BCUT2D eigenvalue weighted by molar-refractivity contribution is 9.10. The van der Waals surface area contributed by atoms with Crippen LogP contribution in [0.5, 0.6) is 0 Å². The summed E-state index contributed by atoms with van der Waals surface area (Å²) in [5.74, 6) is 0.542. The normalized spacial score (nSPS) is 22.2. The van der Waals surface area contributed by atoms with Crippen LogP contribution in [0.15, 0.2) is 22.7 Å². The third-order valence-electron chi connectivity index (χ3n) is 2.39. The van der Waals surface area contributed by atoms with Crippen LogP contribution >= 0.6 is 27.5 Å². The molecule has 0 saturated carbocycles. The van der Waals surface area contributed by atoms with Crippen LogP contribution in [0.4, 0.5) is 0 Å². The Morgan fingerprint density at radius 2 is 2.31 bits per heavy atom. The molecule has 0 radical (unpaired) electrons. The quantitative estimate of drug-likeness (QED) is 0.725. The minimum Gasteiger partial charge on any atom is -0.662 e. The molecule has 0 spiro atoms. The predicted molar refractivity (Wildman–Crippen MR) is 59.6 cm³/mol. The molecule has 1 saturated heterocycles.